The van der Waals surface area contributed by atoms with Gasteiger partial charge in [-0.1, -0.05) is 11.2 Å². The number of rotatable bonds is 6. The normalized spacial score (nSPS) is 18.0. The summed E-state index contributed by atoms with van der Waals surface area (Å²) >= 11 is 0. The summed E-state index contributed by atoms with van der Waals surface area (Å²) in [5.74, 6) is 1.75. The van der Waals surface area contributed by atoms with Crippen LogP contribution in [0.4, 0.5) is 11.7 Å². The van der Waals surface area contributed by atoms with Crippen molar-refractivity contribution in [2.45, 2.75) is 13.3 Å². The average Bonchev–Trinajstić information content (AvgIpc) is 3.15. The molecule has 0 saturated carbocycles. The summed E-state index contributed by atoms with van der Waals surface area (Å²) in [4.78, 5) is 18.4. The molecule has 1 fully saturated rings. The van der Waals surface area contributed by atoms with Crippen molar-refractivity contribution in [3.05, 3.63) is 36.2 Å². The van der Waals surface area contributed by atoms with Gasteiger partial charge in [0.15, 0.2) is 0 Å². The van der Waals surface area contributed by atoms with E-state index in [0.717, 1.165) is 37.6 Å². The van der Waals surface area contributed by atoms with Crippen LogP contribution in [0.25, 0.3) is 0 Å². The molecule has 23 heavy (non-hydrogen) atoms. The third-order valence-corrected chi connectivity index (χ3v) is 3.86. The fourth-order valence-corrected chi connectivity index (χ4v) is 2.74. The summed E-state index contributed by atoms with van der Waals surface area (Å²) in [6.07, 6.45) is 2.85. The van der Waals surface area contributed by atoms with E-state index in [9.17, 15) is 4.79 Å². The van der Waals surface area contributed by atoms with Crippen molar-refractivity contribution in [1.82, 2.24) is 15.0 Å². The second kappa shape index (κ2) is 7.23. The molecule has 122 valence electrons. The highest BCUT2D eigenvalue weighted by molar-refractivity contribution is 5.90. The molecule has 1 atom stereocenters. The molecule has 0 aromatic carbocycles. The van der Waals surface area contributed by atoms with Gasteiger partial charge in [-0.05, 0) is 37.9 Å². The van der Waals surface area contributed by atoms with Gasteiger partial charge in [0.05, 0.1) is 12.2 Å². The maximum Gasteiger partial charge on any atom is 0.240 e. The van der Waals surface area contributed by atoms with Crippen LogP contribution in [0.2, 0.25) is 0 Å². The molecular formula is C16H21N5O2. The van der Waals surface area contributed by atoms with E-state index in [2.05, 4.69) is 25.7 Å². The van der Waals surface area contributed by atoms with Crippen molar-refractivity contribution in [1.29, 1.82) is 0 Å². The Labute approximate surface area is 135 Å². The Morgan fingerprint density at radius 1 is 1.48 bits per heavy atom. The molecule has 0 radical (unpaired) electrons. The van der Waals surface area contributed by atoms with Gasteiger partial charge in [-0.15, -0.1) is 0 Å². The van der Waals surface area contributed by atoms with E-state index in [1.165, 1.54) is 0 Å². The summed E-state index contributed by atoms with van der Waals surface area (Å²) in [6, 6.07) is 7.53. The predicted molar refractivity (Wildman–Crippen MR) is 87.1 cm³/mol. The number of amides is 1. The first-order valence-electron chi connectivity index (χ1n) is 7.79. The van der Waals surface area contributed by atoms with E-state index in [0.29, 0.717) is 18.3 Å². The minimum absolute atomic E-state index is 0.0699. The Bertz CT molecular complexity index is 643. The number of carbonyl (C=O) groups is 1. The summed E-state index contributed by atoms with van der Waals surface area (Å²) in [5, 5.41) is 9.82. The highest BCUT2D eigenvalue weighted by atomic mass is 16.5. The van der Waals surface area contributed by atoms with Crippen molar-refractivity contribution in [3.8, 4) is 0 Å². The number of hydrogen-bond donors (Lipinski definition) is 2. The number of aryl methyl sites for hydroxylation is 1. The zero-order chi connectivity index (χ0) is 16.1. The first-order valence-corrected chi connectivity index (χ1v) is 7.79. The fraction of sp³-hybridized carbons (Fsp3) is 0.438. The van der Waals surface area contributed by atoms with Crippen LogP contribution < -0.4 is 10.6 Å². The maximum absolute atomic E-state index is 12.0. The smallest absolute Gasteiger partial charge is 0.240 e. The minimum Gasteiger partial charge on any atom is -0.370 e. The molecule has 0 aliphatic carbocycles. The number of nitrogens with zero attached hydrogens (tertiary/aromatic N) is 3. The Morgan fingerprint density at radius 3 is 3.13 bits per heavy atom. The molecule has 0 bridgehead atoms. The molecule has 1 aliphatic rings. The van der Waals surface area contributed by atoms with E-state index >= 15 is 0 Å². The van der Waals surface area contributed by atoms with Crippen molar-refractivity contribution in [2.75, 3.05) is 36.8 Å². The lowest BCUT2D eigenvalue weighted by molar-refractivity contribution is -0.117. The van der Waals surface area contributed by atoms with Crippen molar-refractivity contribution in [3.63, 3.8) is 0 Å². The third kappa shape index (κ3) is 4.53. The van der Waals surface area contributed by atoms with Gasteiger partial charge in [-0.3, -0.25) is 15.0 Å². The molecule has 7 heteroatoms. The van der Waals surface area contributed by atoms with E-state index in [4.69, 9.17) is 4.52 Å². The Kier molecular flexibility index (Phi) is 4.87. The third-order valence-electron chi connectivity index (χ3n) is 3.86. The Morgan fingerprint density at radius 2 is 2.39 bits per heavy atom. The standard InChI is InChI=1S/C16H21N5O2/c1-12-8-16(23-20-12)19-15(22)11-21-7-5-13(10-21)9-18-14-4-2-3-6-17-14/h2-4,6,8,13H,5,7,9-11H2,1H3,(H,17,18)(H,19,22)/t13-/m1/s1. The SMILES string of the molecule is Cc1cc(NC(=O)CN2CC[C@H](CNc3ccccn3)C2)on1. The first kappa shape index (κ1) is 15.5. The van der Waals surface area contributed by atoms with Crippen LogP contribution in [-0.2, 0) is 4.79 Å². The lowest BCUT2D eigenvalue weighted by atomic mass is 10.1. The van der Waals surface area contributed by atoms with Gasteiger partial charge >= 0.3 is 0 Å². The van der Waals surface area contributed by atoms with E-state index in [1.54, 1.807) is 12.3 Å². The molecule has 3 heterocycles. The van der Waals surface area contributed by atoms with Crippen LogP contribution >= 0.6 is 0 Å². The van der Waals surface area contributed by atoms with Crippen molar-refractivity contribution >= 4 is 17.6 Å². The van der Waals surface area contributed by atoms with Gasteiger partial charge in [0.1, 0.15) is 5.82 Å². The number of pyridine rings is 1. The van der Waals surface area contributed by atoms with Crippen LogP contribution in [0.3, 0.4) is 0 Å². The van der Waals surface area contributed by atoms with Crippen molar-refractivity contribution in [2.24, 2.45) is 5.92 Å². The van der Waals surface area contributed by atoms with Crippen LogP contribution in [0.15, 0.2) is 35.0 Å². The monoisotopic (exact) mass is 315 g/mol. The largest absolute Gasteiger partial charge is 0.370 e. The lowest BCUT2D eigenvalue weighted by Gasteiger charge is -2.15. The van der Waals surface area contributed by atoms with Gasteiger partial charge in [0.25, 0.3) is 0 Å². The number of carbonyl (C=O) groups excluding carboxylic acids is 1. The first-order chi connectivity index (χ1) is 11.2. The second-order valence-electron chi connectivity index (χ2n) is 5.87. The minimum atomic E-state index is -0.0699. The number of anilines is 2. The fourth-order valence-electron chi connectivity index (χ4n) is 2.74. The predicted octanol–water partition coefficient (Wildman–Crippen LogP) is 1.75. The van der Waals surface area contributed by atoms with Gasteiger partial charge < -0.3 is 9.84 Å². The highest BCUT2D eigenvalue weighted by Crippen LogP contribution is 2.17. The molecule has 2 aromatic rings. The summed E-state index contributed by atoms with van der Waals surface area (Å²) in [6.45, 7) is 4.90. The quantitative estimate of drug-likeness (QED) is 0.845. The topological polar surface area (TPSA) is 83.3 Å². The summed E-state index contributed by atoms with van der Waals surface area (Å²) in [7, 11) is 0. The number of hydrogen-bond acceptors (Lipinski definition) is 6. The number of nitrogens with one attached hydrogen (secondary N) is 2. The van der Waals surface area contributed by atoms with Crippen molar-refractivity contribution < 1.29 is 9.32 Å². The van der Waals surface area contributed by atoms with Gasteiger partial charge in [0.2, 0.25) is 11.8 Å². The molecule has 0 spiro atoms. The van der Waals surface area contributed by atoms with E-state index in [1.807, 2.05) is 25.1 Å². The molecule has 1 saturated heterocycles. The molecule has 2 aromatic heterocycles. The molecule has 3 rings (SSSR count). The van der Waals surface area contributed by atoms with Gasteiger partial charge in [0, 0.05) is 25.4 Å². The zero-order valence-corrected chi connectivity index (χ0v) is 13.2. The number of aromatic nitrogens is 2. The molecule has 7 nitrogen and oxygen atoms in total. The maximum atomic E-state index is 12.0. The van der Waals surface area contributed by atoms with E-state index in [-0.39, 0.29) is 5.91 Å². The molecule has 2 N–H and O–H groups in total. The zero-order valence-electron chi connectivity index (χ0n) is 13.2. The molecular weight excluding hydrogens is 294 g/mol. The van der Waals surface area contributed by atoms with Gasteiger partial charge in [-0.2, -0.15) is 0 Å². The Hall–Kier alpha value is -2.41. The average molecular weight is 315 g/mol. The number of likely N-dealkylation sites (tertiary alicyclic amines) is 1. The van der Waals surface area contributed by atoms with E-state index < -0.39 is 0 Å². The van der Waals surface area contributed by atoms with Crippen LogP contribution in [0, 0.1) is 12.8 Å². The summed E-state index contributed by atoms with van der Waals surface area (Å²) in [5.41, 5.74) is 0.752. The lowest BCUT2D eigenvalue weighted by Crippen LogP contribution is -2.32. The Balaban J connectivity index is 1.40. The van der Waals surface area contributed by atoms with Crippen LogP contribution in [-0.4, -0.2) is 47.1 Å². The molecule has 1 amide bonds. The highest BCUT2D eigenvalue weighted by Gasteiger charge is 2.24. The molecule has 1 aliphatic heterocycles. The van der Waals surface area contributed by atoms with Crippen LogP contribution in [0.5, 0.6) is 0 Å². The second-order valence-corrected chi connectivity index (χ2v) is 5.87. The van der Waals surface area contributed by atoms with Crippen LogP contribution in [0.1, 0.15) is 12.1 Å². The molecule has 0 unspecified atom stereocenters. The van der Waals surface area contributed by atoms with Gasteiger partial charge in [-0.25, -0.2) is 4.98 Å². The summed E-state index contributed by atoms with van der Waals surface area (Å²) < 4.78 is 4.99.